The Morgan fingerprint density at radius 3 is 2.56 bits per heavy atom. The van der Waals surface area contributed by atoms with Crippen molar-refractivity contribution in [2.24, 2.45) is 0 Å². The third-order valence-corrected chi connectivity index (χ3v) is 2.24. The number of carbonyl (C=O) groups excluding carboxylic acids is 1. The van der Waals surface area contributed by atoms with Crippen LogP contribution in [0.1, 0.15) is 20.8 Å². The summed E-state index contributed by atoms with van der Waals surface area (Å²) in [7, 11) is 0. The van der Waals surface area contributed by atoms with Crippen LogP contribution in [0.3, 0.4) is 0 Å². The van der Waals surface area contributed by atoms with E-state index in [4.69, 9.17) is 4.74 Å². The minimum atomic E-state index is -0.534. The third-order valence-electron chi connectivity index (χ3n) is 1.59. The Hall–Kier alpha value is -1.23. The fourth-order valence-electron chi connectivity index (χ4n) is 1.02. The van der Waals surface area contributed by atoms with E-state index in [9.17, 15) is 9.90 Å². The second-order valence-electron chi connectivity index (χ2n) is 4.29. The summed E-state index contributed by atoms with van der Waals surface area (Å²) in [6.07, 6.45) is -0.529. The quantitative estimate of drug-likeness (QED) is 0.777. The van der Waals surface area contributed by atoms with Crippen molar-refractivity contribution in [3.8, 4) is 5.75 Å². The van der Waals surface area contributed by atoms with Gasteiger partial charge in [0.1, 0.15) is 11.4 Å². The van der Waals surface area contributed by atoms with Crippen LogP contribution in [0.2, 0.25) is 0 Å². The molecule has 1 aromatic rings. The Kier molecular flexibility index (Phi) is 3.80. The highest BCUT2D eigenvalue weighted by Gasteiger charge is 2.16. The van der Waals surface area contributed by atoms with Crippen LogP contribution in [-0.2, 0) is 4.74 Å². The van der Waals surface area contributed by atoms with E-state index in [1.54, 1.807) is 26.8 Å². The monoisotopic (exact) mass is 287 g/mol. The van der Waals surface area contributed by atoms with Crippen molar-refractivity contribution in [3.63, 3.8) is 0 Å². The number of nitrogens with one attached hydrogen (secondary N) is 1. The predicted molar refractivity (Wildman–Crippen MR) is 65.7 cm³/mol. The lowest BCUT2D eigenvalue weighted by Crippen LogP contribution is -2.27. The zero-order valence-corrected chi connectivity index (χ0v) is 11.0. The van der Waals surface area contributed by atoms with Crippen LogP contribution in [-0.4, -0.2) is 16.8 Å². The average Bonchev–Trinajstić information content (AvgIpc) is 2.06. The fraction of sp³-hybridized carbons (Fsp3) is 0.364. The maximum absolute atomic E-state index is 11.4. The summed E-state index contributed by atoms with van der Waals surface area (Å²) in [5.41, 5.74) is 0.0139. The summed E-state index contributed by atoms with van der Waals surface area (Å²) in [4.78, 5) is 11.4. The van der Waals surface area contributed by atoms with E-state index >= 15 is 0 Å². The van der Waals surface area contributed by atoms with Crippen molar-refractivity contribution >= 4 is 27.7 Å². The number of halogens is 1. The first-order valence-electron chi connectivity index (χ1n) is 4.76. The highest BCUT2D eigenvalue weighted by atomic mass is 79.9. The number of phenols is 1. The third kappa shape index (κ3) is 4.10. The van der Waals surface area contributed by atoms with Crippen LogP contribution < -0.4 is 5.32 Å². The molecule has 0 saturated carbocycles. The molecule has 0 atom stereocenters. The predicted octanol–water partition coefficient (Wildman–Crippen LogP) is 3.50. The minimum absolute atomic E-state index is 0.126. The van der Waals surface area contributed by atoms with Gasteiger partial charge in [0.25, 0.3) is 0 Å². The van der Waals surface area contributed by atoms with Crippen molar-refractivity contribution in [1.82, 2.24) is 0 Å². The molecule has 0 aromatic heterocycles. The van der Waals surface area contributed by atoms with Crippen LogP contribution in [0.5, 0.6) is 5.75 Å². The number of amides is 1. The van der Waals surface area contributed by atoms with Crippen LogP contribution >= 0.6 is 15.9 Å². The molecule has 5 heteroatoms. The molecule has 0 aliphatic rings. The van der Waals surface area contributed by atoms with E-state index in [0.29, 0.717) is 10.2 Å². The van der Waals surface area contributed by atoms with Crippen LogP contribution in [0, 0.1) is 0 Å². The molecule has 1 aromatic carbocycles. The van der Waals surface area contributed by atoms with Crippen molar-refractivity contribution in [3.05, 3.63) is 22.7 Å². The number of carbonyl (C=O) groups is 1. The molecule has 4 nitrogen and oxygen atoms in total. The standard InChI is InChI=1S/C11H14BrNO3/c1-11(2,3)16-10(15)13-9-5-4-7(14)6-8(9)12/h4-6,14H,1-3H3,(H,13,15). The highest BCUT2D eigenvalue weighted by molar-refractivity contribution is 9.10. The van der Waals surface area contributed by atoms with Crippen molar-refractivity contribution in [2.45, 2.75) is 26.4 Å². The molecule has 0 spiro atoms. The van der Waals surface area contributed by atoms with Gasteiger partial charge >= 0.3 is 6.09 Å². The smallest absolute Gasteiger partial charge is 0.412 e. The normalized spacial score (nSPS) is 11.0. The van der Waals surface area contributed by atoms with Gasteiger partial charge in [-0.3, -0.25) is 5.32 Å². The lowest BCUT2D eigenvalue weighted by atomic mass is 10.2. The first-order chi connectivity index (χ1) is 7.28. The summed E-state index contributed by atoms with van der Waals surface area (Å²) in [5, 5.41) is 11.8. The Labute approximate surface area is 103 Å². The summed E-state index contributed by atoms with van der Waals surface area (Å²) < 4.78 is 5.69. The van der Waals surface area contributed by atoms with Gasteiger partial charge in [0.15, 0.2) is 0 Å². The molecule has 0 fully saturated rings. The summed E-state index contributed by atoms with van der Waals surface area (Å²) in [6.45, 7) is 5.37. The molecule has 2 N–H and O–H groups in total. The number of aromatic hydroxyl groups is 1. The Balaban J connectivity index is 2.70. The molecule has 0 unspecified atom stereocenters. The highest BCUT2D eigenvalue weighted by Crippen LogP contribution is 2.26. The van der Waals surface area contributed by atoms with Crippen LogP contribution in [0.15, 0.2) is 22.7 Å². The molecular weight excluding hydrogens is 274 g/mol. The zero-order chi connectivity index (χ0) is 12.3. The maximum Gasteiger partial charge on any atom is 0.412 e. The molecule has 0 heterocycles. The van der Waals surface area contributed by atoms with Gasteiger partial charge in [0.2, 0.25) is 0 Å². The number of hydrogen-bond acceptors (Lipinski definition) is 3. The molecule has 0 bridgehead atoms. The Morgan fingerprint density at radius 1 is 1.44 bits per heavy atom. The van der Waals surface area contributed by atoms with Crippen molar-refractivity contribution in [2.75, 3.05) is 5.32 Å². The van der Waals surface area contributed by atoms with Gasteiger partial charge in [-0.2, -0.15) is 0 Å². The molecule has 0 aliphatic carbocycles. The molecule has 1 rings (SSSR count). The van der Waals surface area contributed by atoms with E-state index in [-0.39, 0.29) is 5.75 Å². The Bertz CT molecular complexity index is 399. The molecule has 0 saturated heterocycles. The molecule has 16 heavy (non-hydrogen) atoms. The number of anilines is 1. The van der Waals surface area contributed by atoms with Crippen molar-refractivity contribution in [1.29, 1.82) is 0 Å². The van der Waals surface area contributed by atoms with Gasteiger partial charge in [-0.15, -0.1) is 0 Å². The molecule has 0 aliphatic heterocycles. The van der Waals surface area contributed by atoms with E-state index < -0.39 is 11.7 Å². The largest absolute Gasteiger partial charge is 0.508 e. The van der Waals surface area contributed by atoms with Crippen molar-refractivity contribution < 1.29 is 14.6 Å². The number of ether oxygens (including phenoxy) is 1. The average molecular weight is 288 g/mol. The van der Waals surface area contributed by atoms with Crippen LogP contribution in [0.4, 0.5) is 10.5 Å². The lowest BCUT2D eigenvalue weighted by Gasteiger charge is -2.20. The number of hydrogen-bond donors (Lipinski definition) is 2. The summed E-state index contributed by atoms with van der Waals surface area (Å²) in [6, 6.07) is 4.56. The topological polar surface area (TPSA) is 58.6 Å². The Morgan fingerprint density at radius 2 is 2.06 bits per heavy atom. The van der Waals surface area contributed by atoms with Gasteiger partial charge in [-0.25, -0.2) is 4.79 Å². The maximum atomic E-state index is 11.4. The number of benzene rings is 1. The fourth-order valence-corrected chi connectivity index (χ4v) is 1.48. The van der Waals surface area contributed by atoms with Gasteiger partial charge < -0.3 is 9.84 Å². The summed E-state index contributed by atoms with van der Waals surface area (Å²) in [5.74, 6) is 0.126. The first kappa shape index (κ1) is 12.8. The van der Waals surface area contributed by atoms with E-state index in [0.717, 1.165) is 0 Å². The van der Waals surface area contributed by atoms with Gasteiger partial charge in [0.05, 0.1) is 5.69 Å². The zero-order valence-electron chi connectivity index (χ0n) is 9.37. The van der Waals surface area contributed by atoms with E-state index in [1.807, 2.05) is 0 Å². The second kappa shape index (κ2) is 4.74. The van der Waals surface area contributed by atoms with Gasteiger partial charge in [0, 0.05) is 4.47 Å². The minimum Gasteiger partial charge on any atom is -0.508 e. The molecule has 0 radical (unpaired) electrons. The van der Waals surface area contributed by atoms with Gasteiger partial charge in [-0.1, -0.05) is 0 Å². The van der Waals surface area contributed by atoms with E-state index in [2.05, 4.69) is 21.2 Å². The SMILES string of the molecule is CC(C)(C)OC(=O)Nc1ccc(O)cc1Br. The molecule has 1 amide bonds. The van der Waals surface area contributed by atoms with E-state index in [1.165, 1.54) is 12.1 Å². The van der Waals surface area contributed by atoms with Crippen LogP contribution in [0.25, 0.3) is 0 Å². The van der Waals surface area contributed by atoms with Gasteiger partial charge in [-0.05, 0) is 54.9 Å². The lowest BCUT2D eigenvalue weighted by molar-refractivity contribution is 0.0636. The number of rotatable bonds is 1. The molecule has 88 valence electrons. The second-order valence-corrected chi connectivity index (χ2v) is 5.15. The first-order valence-corrected chi connectivity index (χ1v) is 5.56. The number of phenolic OH excluding ortho intramolecular Hbond substituents is 1. The summed E-state index contributed by atoms with van der Waals surface area (Å²) >= 11 is 3.22. The molecular formula is C11H14BrNO3.